The van der Waals surface area contributed by atoms with Crippen molar-refractivity contribution in [1.29, 1.82) is 0 Å². The number of hydrogen-bond acceptors (Lipinski definition) is 3. The first-order valence-corrected chi connectivity index (χ1v) is 11.7. The molecule has 0 saturated carbocycles. The van der Waals surface area contributed by atoms with Crippen LogP contribution in [0.1, 0.15) is 44.9 Å². The van der Waals surface area contributed by atoms with Gasteiger partial charge in [0, 0.05) is 42.7 Å². The number of hydrogen-bond donors (Lipinski definition) is 0. The van der Waals surface area contributed by atoms with Crippen molar-refractivity contribution in [2.24, 2.45) is 0 Å². The Kier molecular flexibility index (Phi) is 6.80. The minimum atomic E-state index is -0.0795. The Balaban J connectivity index is 1.65. The van der Waals surface area contributed by atoms with Gasteiger partial charge in [-0.15, -0.1) is 0 Å². The average Bonchev–Trinajstić information content (AvgIpc) is 3.35. The summed E-state index contributed by atoms with van der Waals surface area (Å²) in [5.41, 5.74) is 2.61. The lowest BCUT2D eigenvalue weighted by Crippen LogP contribution is -2.35. The molecular formula is C25H29ClN4O2. The zero-order valence-corrected chi connectivity index (χ0v) is 19.4. The quantitative estimate of drug-likeness (QED) is 0.490. The third kappa shape index (κ3) is 4.51. The van der Waals surface area contributed by atoms with Crippen molar-refractivity contribution in [3.8, 4) is 0 Å². The van der Waals surface area contributed by atoms with Crippen LogP contribution >= 0.6 is 11.6 Å². The molecule has 6 nitrogen and oxygen atoms in total. The fourth-order valence-electron chi connectivity index (χ4n) is 4.46. The highest BCUT2D eigenvalue weighted by Gasteiger charge is 2.35. The molecule has 1 aromatic heterocycles. The van der Waals surface area contributed by atoms with Gasteiger partial charge in [-0.25, -0.2) is 4.98 Å². The van der Waals surface area contributed by atoms with E-state index in [0.717, 1.165) is 48.5 Å². The lowest BCUT2D eigenvalue weighted by atomic mass is 10.1. The summed E-state index contributed by atoms with van der Waals surface area (Å²) in [7, 11) is 0. The number of benzene rings is 2. The molecule has 7 heteroatoms. The Hall–Kier alpha value is -2.86. The third-order valence-corrected chi connectivity index (χ3v) is 6.20. The van der Waals surface area contributed by atoms with Crippen LogP contribution in [0.4, 0.5) is 5.69 Å². The zero-order chi connectivity index (χ0) is 22.7. The summed E-state index contributed by atoms with van der Waals surface area (Å²) in [5, 5.41) is 0.640. The molecule has 4 rings (SSSR count). The molecule has 1 saturated heterocycles. The van der Waals surface area contributed by atoms with E-state index in [4.69, 9.17) is 16.6 Å². The van der Waals surface area contributed by atoms with E-state index in [2.05, 4.69) is 13.8 Å². The maximum absolute atomic E-state index is 13.2. The minimum absolute atomic E-state index is 0.0563. The molecule has 0 radical (unpaired) electrons. The number of amides is 2. The molecule has 2 amide bonds. The van der Waals surface area contributed by atoms with Gasteiger partial charge < -0.3 is 14.4 Å². The SMILES string of the molecule is CCCN(CCC)C(=O)Cn1c(C2CC(=O)N(c3ccc(Cl)cc3)C2)nc2ccccc21. The normalized spacial score (nSPS) is 16.2. The topological polar surface area (TPSA) is 58.4 Å². The lowest BCUT2D eigenvalue weighted by Gasteiger charge is -2.23. The van der Waals surface area contributed by atoms with Gasteiger partial charge in [-0.1, -0.05) is 37.6 Å². The number of carbonyl (C=O) groups excluding carboxylic acids is 2. The highest BCUT2D eigenvalue weighted by Crippen LogP contribution is 2.33. The molecular weight excluding hydrogens is 424 g/mol. The molecule has 0 spiro atoms. The fraction of sp³-hybridized carbons (Fsp3) is 0.400. The zero-order valence-electron chi connectivity index (χ0n) is 18.6. The number of rotatable bonds is 8. The van der Waals surface area contributed by atoms with Crippen LogP contribution in [0.25, 0.3) is 11.0 Å². The first-order valence-electron chi connectivity index (χ1n) is 11.3. The van der Waals surface area contributed by atoms with Crippen LogP contribution in [0.3, 0.4) is 0 Å². The van der Waals surface area contributed by atoms with Crippen molar-refractivity contribution in [1.82, 2.24) is 14.5 Å². The summed E-state index contributed by atoms with van der Waals surface area (Å²) >= 11 is 6.01. The molecule has 2 aromatic carbocycles. The summed E-state index contributed by atoms with van der Waals surface area (Å²) in [6.45, 7) is 6.45. The number of fused-ring (bicyclic) bond motifs is 1. The minimum Gasteiger partial charge on any atom is -0.341 e. The van der Waals surface area contributed by atoms with Crippen molar-refractivity contribution in [3.63, 3.8) is 0 Å². The first-order chi connectivity index (χ1) is 15.5. The maximum atomic E-state index is 13.2. The van der Waals surface area contributed by atoms with Gasteiger partial charge in [-0.3, -0.25) is 9.59 Å². The second-order valence-corrected chi connectivity index (χ2v) is 8.74. The Bertz CT molecular complexity index is 1100. The lowest BCUT2D eigenvalue weighted by molar-refractivity contribution is -0.131. The molecule has 2 heterocycles. The number of aromatic nitrogens is 2. The van der Waals surface area contributed by atoms with Crippen LogP contribution < -0.4 is 4.90 Å². The Labute approximate surface area is 193 Å². The molecule has 1 fully saturated rings. The van der Waals surface area contributed by atoms with E-state index < -0.39 is 0 Å². The number of imidazole rings is 1. The van der Waals surface area contributed by atoms with Crippen LogP contribution in [0, 0.1) is 0 Å². The van der Waals surface area contributed by atoms with Crippen molar-refractivity contribution in [2.75, 3.05) is 24.5 Å². The molecule has 0 aliphatic carbocycles. The molecule has 0 bridgehead atoms. The van der Waals surface area contributed by atoms with Gasteiger partial charge in [0.25, 0.3) is 0 Å². The number of carbonyl (C=O) groups is 2. The van der Waals surface area contributed by atoms with Gasteiger partial charge in [-0.2, -0.15) is 0 Å². The second-order valence-electron chi connectivity index (χ2n) is 8.31. The third-order valence-electron chi connectivity index (χ3n) is 5.95. The van der Waals surface area contributed by atoms with Gasteiger partial charge in [0.15, 0.2) is 0 Å². The first kappa shape index (κ1) is 22.3. The second kappa shape index (κ2) is 9.74. The van der Waals surface area contributed by atoms with E-state index in [9.17, 15) is 9.59 Å². The highest BCUT2D eigenvalue weighted by atomic mass is 35.5. The van der Waals surface area contributed by atoms with E-state index >= 15 is 0 Å². The molecule has 3 aromatic rings. The summed E-state index contributed by atoms with van der Waals surface area (Å²) in [6.07, 6.45) is 2.22. The summed E-state index contributed by atoms with van der Waals surface area (Å²) < 4.78 is 2.01. The van der Waals surface area contributed by atoms with E-state index in [1.54, 1.807) is 17.0 Å². The van der Waals surface area contributed by atoms with Crippen molar-refractivity contribution < 1.29 is 9.59 Å². The summed E-state index contributed by atoms with van der Waals surface area (Å²) in [6, 6.07) is 15.2. The van der Waals surface area contributed by atoms with E-state index in [1.165, 1.54) is 0 Å². The van der Waals surface area contributed by atoms with Gasteiger partial charge in [0.1, 0.15) is 12.4 Å². The van der Waals surface area contributed by atoms with E-state index in [0.29, 0.717) is 18.0 Å². The number of para-hydroxylation sites is 2. The van der Waals surface area contributed by atoms with Gasteiger partial charge in [0.05, 0.1) is 11.0 Å². The largest absolute Gasteiger partial charge is 0.341 e. The summed E-state index contributed by atoms with van der Waals surface area (Å²) in [4.78, 5) is 34.6. The van der Waals surface area contributed by atoms with Crippen molar-refractivity contribution in [2.45, 2.75) is 45.6 Å². The van der Waals surface area contributed by atoms with Crippen LogP contribution in [0.15, 0.2) is 48.5 Å². The molecule has 1 atom stereocenters. The Morgan fingerprint density at radius 1 is 1.09 bits per heavy atom. The smallest absolute Gasteiger partial charge is 0.242 e. The van der Waals surface area contributed by atoms with Crippen LogP contribution in [0.5, 0.6) is 0 Å². The number of nitrogens with zero attached hydrogens (tertiary/aromatic N) is 4. The molecule has 1 aliphatic rings. The predicted octanol–water partition coefficient (Wildman–Crippen LogP) is 4.86. The fourth-order valence-corrected chi connectivity index (χ4v) is 4.59. The molecule has 168 valence electrons. The van der Waals surface area contributed by atoms with Crippen molar-refractivity contribution in [3.05, 3.63) is 59.4 Å². The summed E-state index contributed by atoms with van der Waals surface area (Å²) in [5.74, 6) is 0.874. The van der Waals surface area contributed by atoms with E-state index in [-0.39, 0.29) is 24.3 Å². The molecule has 1 aliphatic heterocycles. The Morgan fingerprint density at radius 2 is 1.78 bits per heavy atom. The van der Waals surface area contributed by atoms with Crippen molar-refractivity contribution >= 4 is 40.1 Å². The van der Waals surface area contributed by atoms with Crippen LogP contribution in [-0.2, 0) is 16.1 Å². The van der Waals surface area contributed by atoms with Crippen LogP contribution in [0.2, 0.25) is 5.02 Å². The average molecular weight is 453 g/mol. The van der Waals surface area contributed by atoms with Gasteiger partial charge in [0.2, 0.25) is 11.8 Å². The standard InChI is InChI=1S/C25H29ClN4O2/c1-3-13-28(14-4-2)24(32)17-30-22-8-6-5-7-21(22)27-25(30)18-15-23(31)29(16-18)20-11-9-19(26)10-12-20/h5-12,18H,3-4,13-17H2,1-2H3. The molecule has 32 heavy (non-hydrogen) atoms. The Morgan fingerprint density at radius 3 is 2.47 bits per heavy atom. The van der Waals surface area contributed by atoms with Gasteiger partial charge >= 0.3 is 0 Å². The monoisotopic (exact) mass is 452 g/mol. The predicted molar refractivity (Wildman–Crippen MR) is 128 cm³/mol. The number of anilines is 1. The van der Waals surface area contributed by atoms with Gasteiger partial charge in [-0.05, 0) is 49.2 Å². The molecule has 0 N–H and O–H groups in total. The number of halogens is 1. The maximum Gasteiger partial charge on any atom is 0.242 e. The van der Waals surface area contributed by atoms with Crippen LogP contribution in [-0.4, -0.2) is 45.9 Å². The molecule has 1 unspecified atom stereocenters. The highest BCUT2D eigenvalue weighted by molar-refractivity contribution is 6.30. The van der Waals surface area contributed by atoms with E-state index in [1.807, 2.05) is 45.9 Å².